The van der Waals surface area contributed by atoms with Gasteiger partial charge in [0.15, 0.2) is 0 Å². The van der Waals surface area contributed by atoms with Gasteiger partial charge in [0.05, 0.1) is 5.69 Å². The van der Waals surface area contributed by atoms with Gasteiger partial charge in [-0.25, -0.2) is 14.4 Å². The third-order valence-corrected chi connectivity index (χ3v) is 5.10. The molecule has 2 aromatic carbocycles. The number of hydrogen-bond donors (Lipinski definition) is 0. The van der Waals surface area contributed by atoms with Crippen LogP contribution >= 0.6 is 0 Å². The van der Waals surface area contributed by atoms with Gasteiger partial charge in [-0.2, -0.15) is 0 Å². The molecule has 3 aromatic rings. The number of halogens is 1. The van der Waals surface area contributed by atoms with E-state index >= 15 is 0 Å². The second-order valence-electron chi connectivity index (χ2n) is 6.74. The topological polar surface area (TPSA) is 35.5 Å². The highest BCUT2D eigenvalue weighted by Crippen LogP contribution is 2.26. The van der Waals surface area contributed by atoms with Crippen LogP contribution in [0.25, 0.3) is 0 Å². The van der Waals surface area contributed by atoms with Gasteiger partial charge in [0, 0.05) is 44.5 Å². The minimum atomic E-state index is -0.165. The lowest BCUT2D eigenvalue weighted by Gasteiger charge is -2.37. The summed E-state index contributed by atoms with van der Waals surface area (Å²) in [5, 5.41) is 0. The molecule has 0 aliphatic carbocycles. The Kier molecular flexibility index (Phi) is 5.37. The molecule has 0 saturated carbocycles. The molecule has 0 unspecified atom stereocenters. The zero-order valence-electron chi connectivity index (χ0n) is 16.0. The van der Waals surface area contributed by atoms with Crippen LogP contribution in [0.3, 0.4) is 0 Å². The van der Waals surface area contributed by atoms with Crippen LogP contribution in [0.15, 0.2) is 67.0 Å². The zero-order chi connectivity index (χ0) is 19.3. The molecule has 0 spiro atoms. The Hall–Kier alpha value is -3.15. The Morgan fingerprint density at radius 1 is 0.893 bits per heavy atom. The fourth-order valence-electron chi connectivity index (χ4n) is 3.63. The third-order valence-electron chi connectivity index (χ3n) is 5.10. The van der Waals surface area contributed by atoms with E-state index in [1.165, 1.54) is 6.07 Å². The lowest BCUT2D eigenvalue weighted by atomic mass is 10.2. The average molecular weight is 377 g/mol. The fourth-order valence-corrected chi connectivity index (χ4v) is 3.63. The highest BCUT2D eigenvalue weighted by molar-refractivity contribution is 5.62. The molecule has 1 aromatic heterocycles. The first kappa shape index (κ1) is 18.2. The first-order valence-corrected chi connectivity index (χ1v) is 9.65. The van der Waals surface area contributed by atoms with Crippen molar-refractivity contribution in [3.05, 3.63) is 72.8 Å². The number of nitrogens with zero attached hydrogens (tertiary/aromatic N) is 5. The second kappa shape index (κ2) is 8.25. The molecule has 1 aliphatic rings. The van der Waals surface area contributed by atoms with Gasteiger partial charge < -0.3 is 14.7 Å². The van der Waals surface area contributed by atoms with E-state index in [-0.39, 0.29) is 5.82 Å². The summed E-state index contributed by atoms with van der Waals surface area (Å²) in [6.45, 7) is 6.04. The summed E-state index contributed by atoms with van der Waals surface area (Å²) in [5.41, 5.74) is 1.78. The van der Waals surface area contributed by atoms with Gasteiger partial charge in [-0.1, -0.05) is 30.3 Å². The normalized spacial score (nSPS) is 14.2. The SMILES string of the molecule is CCN(c1ccccc1)c1cc(N2CCN(c3ccccc3F)CC2)ncn1. The summed E-state index contributed by atoms with van der Waals surface area (Å²) in [7, 11) is 0. The summed E-state index contributed by atoms with van der Waals surface area (Å²) in [5.74, 6) is 1.63. The molecular formula is C22H24FN5. The summed E-state index contributed by atoms with van der Waals surface area (Å²) in [6.07, 6.45) is 1.62. The van der Waals surface area contributed by atoms with Crippen molar-refractivity contribution in [2.75, 3.05) is 47.4 Å². The van der Waals surface area contributed by atoms with E-state index in [4.69, 9.17) is 0 Å². The van der Waals surface area contributed by atoms with Crippen LogP contribution in [-0.2, 0) is 0 Å². The molecule has 28 heavy (non-hydrogen) atoms. The average Bonchev–Trinajstić information content (AvgIpc) is 2.76. The largest absolute Gasteiger partial charge is 0.366 e. The number of benzene rings is 2. The minimum Gasteiger partial charge on any atom is -0.366 e. The number of anilines is 4. The molecule has 1 saturated heterocycles. The molecule has 6 heteroatoms. The number of hydrogen-bond acceptors (Lipinski definition) is 5. The van der Waals surface area contributed by atoms with Gasteiger partial charge in [0.25, 0.3) is 0 Å². The summed E-state index contributed by atoms with van der Waals surface area (Å²) in [6, 6.07) is 19.2. The molecule has 1 aliphatic heterocycles. The van der Waals surface area contributed by atoms with Crippen molar-refractivity contribution in [1.82, 2.24) is 9.97 Å². The van der Waals surface area contributed by atoms with E-state index in [1.54, 1.807) is 12.4 Å². The van der Waals surface area contributed by atoms with E-state index in [0.29, 0.717) is 5.69 Å². The van der Waals surface area contributed by atoms with Gasteiger partial charge in [0.1, 0.15) is 23.8 Å². The van der Waals surface area contributed by atoms with Crippen LogP contribution in [0.1, 0.15) is 6.92 Å². The molecule has 144 valence electrons. The third kappa shape index (κ3) is 3.76. The quantitative estimate of drug-likeness (QED) is 0.669. The Balaban J connectivity index is 1.49. The van der Waals surface area contributed by atoms with E-state index < -0.39 is 0 Å². The van der Waals surface area contributed by atoms with Crippen molar-refractivity contribution in [1.29, 1.82) is 0 Å². The van der Waals surface area contributed by atoms with Gasteiger partial charge in [0.2, 0.25) is 0 Å². The maximum absolute atomic E-state index is 14.1. The maximum atomic E-state index is 14.1. The Morgan fingerprint density at radius 2 is 1.57 bits per heavy atom. The van der Waals surface area contributed by atoms with E-state index in [2.05, 4.69) is 43.7 Å². The minimum absolute atomic E-state index is 0.165. The summed E-state index contributed by atoms with van der Waals surface area (Å²) >= 11 is 0. The molecule has 0 radical (unpaired) electrons. The first-order chi connectivity index (χ1) is 13.8. The van der Waals surface area contributed by atoms with Gasteiger partial charge in [-0.15, -0.1) is 0 Å². The Bertz CT molecular complexity index is 910. The molecule has 2 heterocycles. The van der Waals surface area contributed by atoms with Crippen LogP contribution in [-0.4, -0.2) is 42.7 Å². The maximum Gasteiger partial charge on any atom is 0.146 e. The molecule has 1 fully saturated rings. The highest BCUT2D eigenvalue weighted by atomic mass is 19.1. The smallest absolute Gasteiger partial charge is 0.146 e. The van der Waals surface area contributed by atoms with Crippen molar-refractivity contribution in [2.45, 2.75) is 6.92 Å². The standard InChI is InChI=1S/C22H24FN5/c1-2-28(18-8-4-3-5-9-18)22-16-21(24-17-25-22)27-14-12-26(13-15-27)20-11-7-6-10-19(20)23/h3-11,16-17H,2,12-15H2,1H3. The van der Waals surface area contributed by atoms with Crippen molar-refractivity contribution >= 4 is 23.0 Å². The van der Waals surface area contributed by atoms with Crippen LogP contribution in [0.2, 0.25) is 0 Å². The lowest BCUT2D eigenvalue weighted by Crippen LogP contribution is -2.47. The molecule has 5 nitrogen and oxygen atoms in total. The number of rotatable bonds is 5. The van der Waals surface area contributed by atoms with Gasteiger partial charge >= 0.3 is 0 Å². The lowest BCUT2D eigenvalue weighted by molar-refractivity contribution is 0.596. The number of aromatic nitrogens is 2. The summed E-state index contributed by atoms with van der Waals surface area (Å²) in [4.78, 5) is 15.5. The van der Waals surface area contributed by atoms with E-state index in [0.717, 1.165) is 50.0 Å². The summed E-state index contributed by atoms with van der Waals surface area (Å²) < 4.78 is 14.1. The predicted molar refractivity (Wildman–Crippen MR) is 112 cm³/mol. The van der Waals surface area contributed by atoms with Crippen LogP contribution in [0.4, 0.5) is 27.4 Å². The van der Waals surface area contributed by atoms with Crippen molar-refractivity contribution < 1.29 is 4.39 Å². The molecule has 4 rings (SSSR count). The monoisotopic (exact) mass is 377 g/mol. The van der Waals surface area contributed by atoms with Crippen molar-refractivity contribution in [3.63, 3.8) is 0 Å². The predicted octanol–water partition coefficient (Wildman–Crippen LogP) is 4.10. The van der Waals surface area contributed by atoms with Crippen molar-refractivity contribution in [3.8, 4) is 0 Å². The molecular weight excluding hydrogens is 353 g/mol. The molecule has 0 atom stereocenters. The fraction of sp³-hybridized carbons (Fsp3) is 0.273. The Morgan fingerprint density at radius 3 is 2.29 bits per heavy atom. The van der Waals surface area contributed by atoms with Crippen LogP contribution < -0.4 is 14.7 Å². The van der Waals surface area contributed by atoms with Gasteiger partial charge in [-0.3, -0.25) is 0 Å². The zero-order valence-corrected chi connectivity index (χ0v) is 16.0. The highest BCUT2D eigenvalue weighted by Gasteiger charge is 2.21. The molecule has 0 amide bonds. The van der Waals surface area contributed by atoms with Crippen LogP contribution in [0.5, 0.6) is 0 Å². The number of piperazine rings is 1. The van der Waals surface area contributed by atoms with Crippen LogP contribution in [0, 0.1) is 5.82 Å². The molecule has 0 bridgehead atoms. The van der Waals surface area contributed by atoms with E-state index in [9.17, 15) is 4.39 Å². The van der Waals surface area contributed by atoms with Gasteiger partial charge in [-0.05, 0) is 31.2 Å². The molecule has 0 N–H and O–H groups in total. The second-order valence-corrected chi connectivity index (χ2v) is 6.74. The number of para-hydroxylation sites is 2. The first-order valence-electron chi connectivity index (χ1n) is 9.65. The van der Waals surface area contributed by atoms with Crippen molar-refractivity contribution in [2.24, 2.45) is 0 Å². The van der Waals surface area contributed by atoms with E-state index in [1.807, 2.05) is 36.4 Å². The Labute approximate surface area is 165 Å².